The van der Waals surface area contributed by atoms with E-state index in [1.807, 2.05) is 11.0 Å². The number of hydrogen-bond donors (Lipinski definition) is 1. The Morgan fingerprint density at radius 2 is 2.13 bits per heavy atom. The minimum atomic E-state index is -4.49. The molecule has 0 spiro atoms. The highest BCUT2D eigenvalue weighted by Gasteiger charge is 2.37. The largest absolute Gasteiger partial charge is 0.416 e. The van der Waals surface area contributed by atoms with Crippen molar-refractivity contribution < 1.29 is 22.4 Å². The summed E-state index contributed by atoms with van der Waals surface area (Å²) in [5.74, 6) is -0.305. The maximum Gasteiger partial charge on any atom is 0.416 e. The number of anilines is 1. The molecule has 2 fully saturated rings. The molecule has 4 rings (SSSR count). The number of rotatable bonds is 4. The number of amides is 1. The fourth-order valence-electron chi connectivity index (χ4n) is 4.24. The zero-order valence-electron chi connectivity index (χ0n) is 16.6. The van der Waals surface area contributed by atoms with Crippen molar-refractivity contribution in [3.8, 4) is 6.07 Å². The molecule has 1 aromatic heterocycles. The van der Waals surface area contributed by atoms with E-state index in [2.05, 4.69) is 10.3 Å². The summed E-state index contributed by atoms with van der Waals surface area (Å²) in [6, 6.07) is 6.55. The van der Waals surface area contributed by atoms with Gasteiger partial charge in [-0.3, -0.25) is 14.7 Å². The molecule has 0 radical (unpaired) electrons. The lowest BCUT2D eigenvalue weighted by atomic mass is 10.1. The lowest BCUT2D eigenvalue weighted by Gasteiger charge is -2.23. The third-order valence-corrected chi connectivity index (χ3v) is 5.76. The number of hydrogen-bond acceptors (Lipinski definition) is 5. The van der Waals surface area contributed by atoms with Crippen LogP contribution in [0, 0.1) is 11.3 Å². The van der Waals surface area contributed by atoms with Crippen molar-refractivity contribution in [2.45, 2.75) is 37.3 Å². The Labute approximate surface area is 176 Å². The third-order valence-electron chi connectivity index (χ3n) is 5.76. The molecular formula is C21H21F4N5O. The van der Waals surface area contributed by atoms with Crippen LogP contribution in [0.2, 0.25) is 0 Å². The van der Waals surface area contributed by atoms with Gasteiger partial charge in [0.15, 0.2) is 0 Å². The number of fused-ring (bicyclic) bond motifs is 1. The van der Waals surface area contributed by atoms with Gasteiger partial charge in [0.25, 0.3) is 0 Å². The van der Waals surface area contributed by atoms with Crippen molar-refractivity contribution in [3.05, 3.63) is 36.0 Å². The van der Waals surface area contributed by atoms with Crippen molar-refractivity contribution in [1.29, 1.82) is 5.26 Å². The van der Waals surface area contributed by atoms with E-state index in [9.17, 15) is 22.4 Å². The summed E-state index contributed by atoms with van der Waals surface area (Å²) < 4.78 is 53.5. The number of halogens is 4. The lowest BCUT2D eigenvalue weighted by molar-refractivity contribution is -0.137. The Morgan fingerprint density at radius 1 is 1.32 bits per heavy atom. The van der Waals surface area contributed by atoms with Gasteiger partial charge in [0.05, 0.1) is 30.2 Å². The fraction of sp³-hybridized carbons (Fsp3) is 0.476. The van der Waals surface area contributed by atoms with E-state index < -0.39 is 24.0 Å². The van der Waals surface area contributed by atoms with Gasteiger partial charge in [-0.25, -0.2) is 4.39 Å². The molecule has 6 nitrogen and oxygen atoms in total. The van der Waals surface area contributed by atoms with Crippen LogP contribution in [-0.2, 0) is 11.0 Å². The van der Waals surface area contributed by atoms with Crippen LogP contribution in [0.4, 0.5) is 23.2 Å². The molecule has 0 aliphatic carbocycles. The monoisotopic (exact) mass is 435 g/mol. The number of benzene rings is 1. The smallest absolute Gasteiger partial charge is 0.380 e. The summed E-state index contributed by atoms with van der Waals surface area (Å²) in [7, 11) is 0. The highest BCUT2D eigenvalue weighted by molar-refractivity contribution is 5.92. The van der Waals surface area contributed by atoms with Gasteiger partial charge in [0.1, 0.15) is 12.2 Å². The molecule has 2 aliphatic rings. The first-order valence-corrected chi connectivity index (χ1v) is 10.0. The van der Waals surface area contributed by atoms with E-state index in [0.717, 1.165) is 12.1 Å². The van der Waals surface area contributed by atoms with E-state index in [1.165, 1.54) is 11.1 Å². The van der Waals surface area contributed by atoms with Gasteiger partial charge in [-0.1, -0.05) is 0 Å². The summed E-state index contributed by atoms with van der Waals surface area (Å²) in [5, 5.41) is 12.9. The predicted molar refractivity (Wildman–Crippen MR) is 106 cm³/mol. The zero-order chi connectivity index (χ0) is 22.2. The van der Waals surface area contributed by atoms with E-state index in [4.69, 9.17) is 5.26 Å². The number of likely N-dealkylation sites (tertiary alicyclic amines) is 2. The summed E-state index contributed by atoms with van der Waals surface area (Å²) in [5.41, 5.74) is -0.175. The third kappa shape index (κ3) is 4.56. The van der Waals surface area contributed by atoms with Crippen molar-refractivity contribution in [2.75, 3.05) is 31.5 Å². The quantitative estimate of drug-likeness (QED) is 0.747. The molecule has 1 N–H and O–H groups in total. The first-order chi connectivity index (χ1) is 14.7. The molecule has 10 heteroatoms. The number of carbonyl (C=O) groups excluding carboxylic acids is 1. The van der Waals surface area contributed by atoms with E-state index in [-0.39, 0.29) is 37.0 Å². The summed E-state index contributed by atoms with van der Waals surface area (Å²) >= 11 is 0. The molecule has 3 atom stereocenters. The topological polar surface area (TPSA) is 72.3 Å². The highest BCUT2D eigenvalue weighted by Crippen LogP contribution is 2.35. The second-order valence-corrected chi connectivity index (χ2v) is 7.98. The minimum absolute atomic E-state index is 0.0308. The number of nitrogens with zero attached hydrogens (tertiary/aromatic N) is 4. The predicted octanol–water partition coefficient (Wildman–Crippen LogP) is 3.20. The van der Waals surface area contributed by atoms with Crippen LogP contribution in [-0.4, -0.2) is 65.1 Å². The van der Waals surface area contributed by atoms with Crippen LogP contribution in [0.1, 0.15) is 18.4 Å². The van der Waals surface area contributed by atoms with Crippen LogP contribution < -0.4 is 5.32 Å². The molecule has 2 saturated heterocycles. The average Bonchev–Trinajstić information content (AvgIpc) is 3.33. The number of aromatic nitrogens is 1. The zero-order valence-corrected chi connectivity index (χ0v) is 16.6. The van der Waals surface area contributed by atoms with Crippen molar-refractivity contribution in [2.24, 2.45) is 0 Å². The number of nitriles is 1. The molecule has 2 aliphatic heterocycles. The van der Waals surface area contributed by atoms with Crippen LogP contribution in [0.25, 0.3) is 10.9 Å². The van der Waals surface area contributed by atoms with Gasteiger partial charge in [-0.2, -0.15) is 18.4 Å². The van der Waals surface area contributed by atoms with Gasteiger partial charge in [0.2, 0.25) is 5.91 Å². The summed E-state index contributed by atoms with van der Waals surface area (Å²) in [6.07, 6.45) is -3.56. The summed E-state index contributed by atoms with van der Waals surface area (Å²) in [4.78, 5) is 19.7. The van der Waals surface area contributed by atoms with E-state index in [1.54, 1.807) is 12.1 Å². The standard InChI is InChI=1S/C21H21F4N5O/c22-14-8-16(9-26)30(10-14)20(31)12-29-5-3-15(11-29)28-19-7-13(21(23,24)25)6-18-17(19)2-1-4-27-18/h1-2,4,6-7,14-16,28H,3,5,8,10-12H2/t14-,15-,16-/m0/s1. The van der Waals surface area contributed by atoms with Gasteiger partial charge in [-0.05, 0) is 30.7 Å². The Bertz CT molecular complexity index is 1020. The Morgan fingerprint density at radius 3 is 2.87 bits per heavy atom. The molecule has 31 heavy (non-hydrogen) atoms. The molecule has 1 aromatic carbocycles. The SMILES string of the molecule is N#C[C@@H]1C[C@H](F)CN1C(=O)CN1CC[C@H](Nc2cc(C(F)(F)F)cc3ncccc23)C1. The minimum Gasteiger partial charge on any atom is -0.380 e. The number of nitrogens with one attached hydrogen (secondary N) is 1. The van der Waals surface area contributed by atoms with Crippen molar-refractivity contribution in [3.63, 3.8) is 0 Å². The molecule has 164 valence electrons. The van der Waals surface area contributed by atoms with Crippen LogP contribution >= 0.6 is 0 Å². The average molecular weight is 435 g/mol. The second kappa shape index (κ2) is 8.30. The lowest BCUT2D eigenvalue weighted by Crippen LogP contribution is -2.42. The first-order valence-electron chi connectivity index (χ1n) is 10.0. The van der Waals surface area contributed by atoms with Crippen LogP contribution in [0.15, 0.2) is 30.5 Å². The Balaban J connectivity index is 1.44. The van der Waals surface area contributed by atoms with Crippen molar-refractivity contribution >= 4 is 22.5 Å². The number of carbonyl (C=O) groups is 1. The van der Waals surface area contributed by atoms with E-state index >= 15 is 0 Å². The molecule has 2 aromatic rings. The van der Waals surface area contributed by atoms with Crippen molar-refractivity contribution in [1.82, 2.24) is 14.8 Å². The number of alkyl halides is 4. The normalized spacial score (nSPS) is 24.5. The molecule has 1 amide bonds. The maximum absolute atomic E-state index is 13.6. The fourth-order valence-corrected chi connectivity index (χ4v) is 4.24. The second-order valence-electron chi connectivity index (χ2n) is 7.98. The highest BCUT2D eigenvalue weighted by atomic mass is 19.4. The molecular weight excluding hydrogens is 414 g/mol. The Kier molecular flexibility index (Phi) is 5.71. The maximum atomic E-state index is 13.6. The molecule has 3 heterocycles. The summed E-state index contributed by atoms with van der Waals surface area (Å²) in [6.45, 7) is 1.00. The molecule has 0 unspecified atom stereocenters. The van der Waals surface area contributed by atoms with Gasteiger partial charge in [0, 0.05) is 42.8 Å². The number of pyridine rings is 1. The van der Waals surface area contributed by atoms with Crippen LogP contribution in [0.3, 0.4) is 0 Å². The van der Waals surface area contributed by atoms with Gasteiger partial charge < -0.3 is 10.2 Å². The molecule has 0 saturated carbocycles. The van der Waals surface area contributed by atoms with E-state index in [0.29, 0.717) is 30.6 Å². The first kappa shape index (κ1) is 21.3. The Hall–Kier alpha value is -2.93. The van der Waals surface area contributed by atoms with Crippen LogP contribution in [0.5, 0.6) is 0 Å². The van der Waals surface area contributed by atoms with Gasteiger partial charge in [-0.15, -0.1) is 0 Å². The molecule has 0 bridgehead atoms. The van der Waals surface area contributed by atoms with Gasteiger partial charge >= 0.3 is 6.18 Å².